The van der Waals surface area contributed by atoms with E-state index in [9.17, 15) is 14.9 Å². The van der Waals surface area contributed by atoms with Gasteiger partial charge in [0, 0.05) is 31.6 Å². The van der Waals surface area contributed by atoms with Crippen LogP contribution in [-0.4, -0.2) is 20.4 Å². The van der Waals surface area contributed by atoms with Crippen molar-refractivity contribution in [1.82, 2.24) is 14.9 Å². The van der Waals surface area contributed by atoms with E-state index in [1.807, 2.05) is 41.9 Å². The summed E-state index contributed by atoms with van der Waals surface area (Å²) >= 11 is 0. The molecule has 27 heavy (non-hydrogen) atoms. The number of imidazole rings is 1. The van der Waals surface area contributed by atoms with Gasteiger partial charge in [-0.1, -0.05) is 42.5 Å². The zero-order valence-electron chi connectivity index (χ0n) is 14.6. The van der Waals surface area contributed by atoms with Crippen LogP contribution in [0.25, 0.3) is 6.08 Å². The molecule has 1 N–H and O–H groups in total. The van der Waals surface area contributed by atoms with E-state index in [-0.39, 0.29) is 11.6 Å². The van der Waals surface area contributed by atoms with Gasteiger partial charge in [-0.15, -0.1) is 0 Å². The Labute approximate surface area is 156 Å². The number of aromatic nitrogens is 2. The van der Waals surface area contributed by atoms with Crippen LogP contribution in [0.3, 0.4) is 0 Å². The highest BCUT2D eigenvalue weighted by molar-refractivity contribution is 5.92. The Morgan fingerprint density at radius 2 is 1.89 bits per heavy atom. The molecule has 0 aliphatic heterocycles. The van der Waals surface area contributed by atoms with Crippen molar-refractivity contribution in [2.45, 2.75) is 6.04 Å². The second kappa shape index (κ2) is 8.09. The van der Waals surface area contributed by atoms with E-state index in [1.165, 1.54) is 18.2 Å². The van der Waals surface area contributed by atoms with Crippen molar-refractivity contribution in [2.75, 3.05) is 0 Å². The fraction of sp³-hybridized carbons (Fsp3) is 0.100. The van der Waals surface area contributed by atoms with Crippen molar-refractivity contribution >= 4 is 17.7 Å². The molecule has 2 aromatic carbocycles. The summed E-state index contributed by atoms with van der Waals surface area (Å²) in [5, 5.41) is 14.0. The van der Waals surface area contributed by atoms with Gasteiger partial charge in [0.15, 0.2) is 0 Å². The monoisotopic (exact) mass is 362 g/mol. The van der Waals surface area contributed by atoms with E-state index >= 15 is 0 Å². The molecule has 1 atom stereocenters. The van der Waals surface area contributed by atoms with E-state index in [0.717, 1.165) is 5.56 Å². The normalized spacial score (nSPS) is 12.0. The van der Waals surface area contributed by atoms with Crippen molar-refractivity contribution in [1.29, 1.82) is 0 Å². The highest BCUT2D eigenvalue weighted by atomic mass is 16.6. The molecule has 0 fully saturated rings. The number of aryl methyl sites for hydroxylation is 1. The predicted octanol–water partition coefficient (Wildman–Crippen LogP) is 3.25. The molecule has 7 heteroatoms. The molecule has 0 unspecified atom stereocenters. The molecule has 1 heterocycles. The van der Waals surface area contributed by atoms with Crippen LogP contribution < -0.4 is 5.32 Å². The Bertz CT molecular complexity index is 980. The average Bonchev–Trinajstić information content (AvgIpc) is 3.11. The molecule has 1 amide bonds. The number of nitro benzene ring substituents is 1. The Kier molecular flexibility index (Phi) is 5.41. The maximum absolute atomic E-state index is 12.5. The molecule has 3 aromatic rings. The lowest BCUT2D eigenvalue weighted by atomic mass is 10.1. The summed E-state index contributed by atoms with van der Waals surface area (Å²) in [4.78, 5) is 27.4. The number of carbonyl (C=O) groups excluding carboxylic acids is 1. The highest BCUT2D eigenvalue weighted by Gasteiger charge is 2.19. The van der Waals surface area contributed by atoms with Gasteiger partial charge in [-0.05, 0) is 17.7 Å². The molecule has 7 nitrogen and oxygen atoms in total. The molecular weight excluding hydrogens is 344 g/mol. The topological polar surface area (TPSA) is 90.1 Å². The Morgan fingerprint density at radius 1 is 1.19 bits per heavy atom. The van der Waals surface area contributed by atoms with Gasteiger partial charge in [0.2, 0.25) is 5.91 Å². The van der Waals surface area contributed by atoms with Crippen molar-refractivity contribution in [3.8, 4) is 0 Å². The lowest BCUT2D eigenvalue weighted by Crippen LogP contribution is -2.29. The van der Waals surface area contributed by atoms with Crippen LogP contribution >= 0.6 is 0 Å². The number of nitrogens with zero attached hydrogens (tertiary/aromatic N) is 3. The lowest BCUT2D eigenvalue weighted by Gasteiger charge is -2.18. The fourth-order valence-corrected chi connectivity index (χ4v) is 2.75. The number of amides is 1. The summed E-state index contributed by atoms with van der Waals surface area (Å²) in [5.41, 5.74) is 1.20. The Hall–Kier alpha value is -3.74. The molecule has 0 spiro atoms. The Balaban J connectivity index is 1.84. The summed E-state index contributed by atoms with van der Waals surface area (Å²) in [7, 11) is 1.85. The van der Waals surface area contributed by atoms with Crippen LogP contribution in [0.2, 0.25) is 0 Å². The summed E-state index contributed by atoms with van der Waals surface area (Å²) in [6, 6.07) is 15.3. The minimum atomic E-state index is -0.474. The van der Waals surface area contributed by atoms with Crippen LogP contribution in [0.15, 0.2) is 73.1 Å². The number of benzene rings is 2. The van der Waals surface area contributed by atoms with Gasteiger partial charge in [-0.25, -0.2) is 4.98 Å². The lowest BCUT2D eigenvalue weighted by molar-refractivity contribution is -0.385. The molecule has 1 aromatic heterocycles. The average molecular weight is 362 g/mol. The van der Waals surface area contributed by atoms with Crippen LogP contribution in [-0.2, 0) is 11.8 Å². The van der Waals surface area contributed by atoms with E-state index in [4.69, 9.17) is 0 Å². The minimum absolute atomic E-state index is 0.0507. The largest absolute Gasteiger partial charge is 0.339 e. The zero-order valence-corrected chi connectivity index (χ0v) is 14.6. The van der Waals surface area contributed by atoms with Crippen LogP contribution in [0.1, 0.15) is 23.0 Å². The number of carbonyl (C=O) groups is 1. The third-order valence-electron chi connectivity index (χ3n) is 4.08. The first kappa shape index (κ1) is 18.1. The van der Waals surface area contributed by atoms with Gasteiger partial charge in [0.1, 0.15) is 11.9 Å². The number of hydrogen-bond acceptors (Lipinski definition) is 4. The SMILES string of the molecule is Cn1ccnc1[C@H](NC(=O)/C=C\c1ccccc1[N+](=O)[O-])c1ccccc1. The van der Waals surface area contributed by atoms with Crippen LogP contribution in [0.4, 0.5) is 5.69 Å². The number of nitrogens with one attached hydrogen (secondary N) is 1. The Morgan fingerprint density at radius 3 is 2.56 bits per heavy atom. The zero-order chi connectivity index (χ0) is 19.2. The molecule has 3 rings (SSSR count). The van der Waals surface area contributed by atoms with E-state index in [1.54, 1.807) is 30.6 Å². The number of rotatable bonds is 6. The maximum atomic E-state index is 12.5. The number of hydrogen-bond donors (Lipinski definition) is 1. The first-order valence-corrected chi connectivity index (χ1v) is 8.30. The molecule has 0 aliphatic carbocycles. The second-order valence-corrected chi connectivity index (χ2v) is 5.90. The third-order valence-corrected chi connectivity index (χ3v) is 4.08. The predicted molar refractivity (Wildman–Crippen MR) is 102 cm³/mol. The van der Waals surface area contributed by atoms with Gasteiger partial charge in [0.25, 0.3) is 5.69 Å². The molecule has 0 saturated heterocycles. The van der Waals surface area contributed by atoms with Gasteiger partial charge in [0.05, 0.1) is 10.5 Å². The number of nitro groups is 1. The standard InChI is InChI=1S/C20H18N4O3/c1-23-14-13-21-20(23)19(16-8-3-2-4-9-16)22-18(25)12-11-15-7-5-6-10-17(15)24(26)27/h2-14,19H,1H3,(H,22,25)/b12-11-/t19-/m1/s1. The molecule has 0 aliphatic rings. The quantitative estimate of drug-likeness (QED) is 0.414. The van der Waals surface area contributed by atoms with E-state index in [2.05, 4.69) is 10.3 Å². The van der Waals surface area contributed by atoms with Crippen molar-refractivity contribution in [3.63, 3.8) is 0 Å². The van der Waals surface area contributed by atoms with Crippen molar-refractivity contribution in [3.05, 3.63) is 100 Å². The molecule has 0 bridgehead atoms. The first-order chi connectivity index (χ1) is 13.1. The van der Waals surface area contributed by atoms with Crippen molar-refractivity contribution < 1.29 is 9.72 Å². The van der Waals surface area contributed by atoms with Gasteiger partial charge in [-0.3, -0.25) is 14.9 Å². The fourth-order valence-electron chi connectivity index (χ4n) is 2.75. The minimum Gasteiger partial charge on any atom is -0.339 e. The van der Waals surface area contributed by atoms with Crippen LogP contribution in [0, 0.1) is 10.1 Å². The van der Waals surface area contributed by atoms with E-state index in [0.29, 0.717) is 11.4 Å². The maximum Gasteiger partial charge on any atom is 0.276 e. The second-order valence-electron chi connectivity index (χ2n) is 5.90. The van der Waals surface area contributed by atoms with Gasteiger partial charge >= 0.3 is 0 Å². The third kappa shape index (κ3) is 4.27. The van der Waals surface area contributed by atoms with Gasteiger partial charge < -0.3 is 9.88 Å². The summed E-state index contributed by atoms with van der Waals surface area (Å²) in [6.07, 6.45) is 6.20. The number of para-hydroxylation sites is 1. The summed E-state index contributed by atoms with van der Waals surface area (Å²) in [5.74, 6) is 0.318. The van der Waals surface area contributed by atoms with Crippen LogP contribution in [0.5, 0.6) is 0 Å². The summed E-state index contributed by atoms with van der Waals surface area (Å²) < 4.78 is 1.84. The van der Waals surface area contributed by atoms with E-state index < -0.39 is 11.0 Å². The molecule has 0 saturated carbocycles. The summed E-state index contributed by atoms with van der Waals surface area (Å²) in [6.45, 7) is 0. The molecular formula is C20H18N4O3. The highest BCUT2D eigenvalue weighted by Crippen LogP contribution is 2.21. The smallest absolute Gasteiger partial charge is 0.276 e. The van der Waals surface area contributed by atoms with Crippen molar-refractivity contribution in [2.24, 2.45) is 7.05 Å². The first-order valence-electron chi connectivity index (χ1n) is 8.30. The molecule has 136 valence electrons. The van der Waals surface area contributed by atoms with Gasteiger partial charge in [-0.2, -0.15) is 0 Å². The molecule has 0 radical (unpaired) electrons.